The molecular weight excluding hydrogens is 507 g/mol. The molecule has 1 saturated heterocycles. The van der Waals surface area contributed by atoms with Crippen molar-refractivity contribution in [3.8, 4) is 22.5 Å². The van der Waals surface area contributed by atoms with E-state index in [9.17, 15) is 0 Å². The zero-order valence-corrected chi connectivity index (χ0v) is 20.0. The van der Waals surface area contributed by atoms with Gasteiger partial charge in [-0.3, -0.25) is 0 Å². The van der Waals surface area contributed by atoms with Crippen molar-refractivity contribution in [3.63, 3.8) is 0 Å². The Labute approximate surface area is 190 Å². The van der Waals surface area contributed by atoms with Crippen molar-refractivity contribution in [1.29, 1.82) is 0 Å². The van der Waals surface area contributed by atoms with E-state index in [0.29, 0.717) is 24.6 Å². The van der Waals surface area contributed by atoms with Crippen LogP contribution < -0.4 is 9.38 Å². The van der Waals surface area contributed by atoms with E-state index in [1.165, 1.54) is 16.9 Å². The van der Waals surface area contributed by atoms with Crippen LogP contribution in [0.2, 0.25) is 0 Å². The van der Waals surface area contributed by atoms with Gasteiger partial charge < -0.3 is 4.74 Å². The van der Waals surface area contributed by atoms with Crippen LogP contribution in [0.3, 0.4) is 0 Å². The molecular formula is C21H18AsBrN6O. The van der Waals surface area contributed by atoms with Crippen LogP contribution in [0.4, 0.5) is 5.82 Å². The number of morpholine rings is 1. The molecule has 1 fully saturated rings. The van der Waals surface area contributed by atoms with Crippen LogP contribution in [0, 0.1) is 0 Å². The van der Waals surface area contributed by atoms with Gasteiger partial charge in [0.25, 0.3) is 0 Å². The zero-order chi connectivity index (χ0) is 20.5. The third-order valence-corrected chi connectivity index (χ3v) is 6.42. The van der Waals surface area contributed by atoms with Crippen molar-refractivity contribution in [1.82, 2.24) is 24.9 Å². The Hall–Kier alpha value is -2.41. The predicted molar refractivity (Wildman–Crippen MR) is 123 cm³/mol. The molecule has 0 saturated carbocycles. The first-order chi connectivity index (χ1) is 14.7. The van der Waals surface area contributed by atoms with Crippen molar-refractivity contribution in [2.45, 2.75) is 0 Å². The first-order valence-corrected chi connectivity index (χ1v) is 11.5. The van der Waals surface area contributed by atoms with E-state index >= 15 is 0 Å². The molecule has 1 unspecified atom stereocenters. The van der Waals surface area contributed by atoms with Crippen LogP contribution in [-0.4, -0.2) is 68.1 Å². The number of hydrogen-bond donors (Lipinski definition) is 0. The van der Waals surface area contributed by atoms with Crippen molar-refractivity contribution < 1.29 is 4.74 Å². The number of fused-ring (bicyclic) bond motifs is 1. The summed E-state index contributed by atoms with van der Waals surface area (Å²) in [5, 5.41) is 0.970. The second-order valence-electron chi connectivity index (χ2n) is 6.88. The first-order valence-electron chi connectivity index (χ1n) is 9.51. The van der Waals surface area contributed by atoms with Gasteiger partial charge in [-0.05, 0) is 0 Å². The number of aromatic nitrogens is 5. The first kappa shape index (κ1) is 19.5. The third kappa shape index (κ3) is 3.83. The zero-order valence-electron chi connectivity index (χ0n) is 16.0. The number of pyridine rings is 1. The summed E-state index contributed by atoms with van der Waals surface area (Å²) in [6.45, 7) is 3.08. The standard InChI is InChI=1S/C21H18AsBrN6O/c22-20-19-15(13-2-1-3-14(23)8-13)9-16(28-21(19)27-12-26-20)17-10-25-18(11-24-17)29-4-6-30-7-5-29/h1-3,8-12H,4-7,22H2. The fraction of sp³-hybridized carbons (Fsp3) is 0.190. The minimum absolute atomic E-state index is 0.663. The van der Waals surface area contributed by atoms with Crippen LogP contribution in [-0.2, 0) is 4.74 Å². The second kappa shape index (κ2) is 8.38. The van der Waals surface area contributed by atoms with Crippen LogP contribution in [0.1, 0.15) is 0 Å². The molecule has 150 valence electrons. The van der Waals surface area contributed by atoms with Crippen molar-refractivity contribution in [2.24, 2.45) is 0 Å². The van der Waals surface area contributed by atoms with E-state index in [2.05, 4.69) is 59.0 Å². The fourth-order valence-electron chi connectivity index (χ4n) is 3.51. The number of nitrogens with zero attached hydrogens (tertiary/aromatic N) is 6. The second-order valence-corrected chi connectivity index (χ2v) is 8.95. The van der Waals surface area contributed by atoms with Crippen LogP contribution in [0.15, 0.2) is 53.5 Å². The summed E-state index contributed by atoms with van der Waals surface area (Å²) in [6.07, 6.45) is 5.15. The topological polar surface area (TPSA) is 76.9 Å². The summed E-state index contributed by atoms with van der Waals surface area (Å²) in [6, 6.07) is 10.2. The normalized spacial score (nSPS) is 14.3. The summed E-state index contributed by atoms with van der Waals surface area (Å²) in [4.78, 5) is 25.1. The minimum atomic E-state index is 0.663. The molecule has 0 N–H and O–H groups in total. The Morgan fingerprint density at radius 3 is 2.60 bits per heavy atom. The fourth-order valence-corrected chi connectivity index (χ4v) is 4.65. The summed E-state index contributed by atoms with van der Waals surface area (Å²) in [5.74, 6) is 0.857. The predicted octanol–water partition coefficient (Wildman–Crippen LogP) is 2.01. The van der Waals surface area contributed by atoms with Gasteiger partial charge in [0.05, 0.1) is 0 Å². The molecule has 1 aliphatic rings. The van der Waals surface area contributed by atoms with Crippen molar-refractivity contribution >= 4 is 54.1 Å². The van der Waals surface area contributed by atoms with E-state index in [4.69, 9.17) is 9.72 Å². The molecule has 0 radical (unpaired) electrons. The molecule has 0 spiro atoms. The van der Waals surface area contributed by atoms with E-state index in [1.807, 2.05) is 12.1 Å². The summed E-state index contributed by atoms with van der Waals surface area (Å²) in [7, 11) is 0. The van der Waals surface area contributed by atoms with Gasteiger partial charge in [0, 0.05) is 0 Å². The van der Waals surface area contributed by atoms with Gasteiger partial charge in [-0.25, -0.2) is 0 Å². The molecule has 4 heterocycles. The number of halogens is 1. The number of anilines is 1. The Morgan fingerprint density at radius 1 is 0.967 bits per heavy atom. The van der Waals surface area contributed by atoms with E-state index in [0.717, 1.165) is 50.1 Å². The Kier molecular flexibility index (Phi) is 5.46. The van der Waals surface area contributed by atoms with Crippen LogP contribution in [0.5, 0.6) is 0 Å². The molecule has 4 aromatic rings. The molecule has 7 nitrogen and oxygen atoms in total. The SMILES string of the molecule is [AsH2]c1ncnc2nc(-c3cnc(N4CCOCC4)cn3)cc(-c3cccc(Br)c3)c12. The molecule has 3 aromatic heterocycles. The van der Waals surface area contributed by atoms with Crippen molar-refractivity contribution in [2.75, 3.05) is 31.2 Å². The molecule has 30 heavy (non-hydrogen) atoms. The molecule has 0 bridgehead atoms. The molecule has 9 heteroatoms. The molecule has 1 atom stereocenters. The molecule has 1 aliphatic heterocycles. The Morgan fingerprint density at radius 2 is 1.83 bits per heavy atom. The van der Waals surface area contributed by atoms with Crippen LogP contribution in [0.25, 0.3) is 33.5 Å². The van der Waals surface area contributed by atoms with Gasteiger partial charge in [0.15, 0.2) is 0 Å². The van der Waals surface area contributed by atoms with E-state index in [-0.39, 0.29) is 0 Å². The van der Waals surface area contributed by atoms with E-state index < -0.39 is 0 Å². The van der Waals surface area contributed by atoms with Gasteiger partial charge >= 0.3 is 186 Å². The molecule has 0 amide bonds. The molecule has 1 aromatic carbocycles. The maximum absolute atomic E-state index is 5.41. The average Bonchev–Trinajstić information content (AvgIpc) is 2.79. The number of benzene rings is 1. The van der Waals surface area contributed by atoms with Crippen molar-refractivity contribution in [3.05, 3.63) is 53.5 Å². The van der Waals surface area contributed by atoms with Gasteiger partial charge in [-0.2, -0.15) is 0 Å². The maximum atomic E-state index is 5.41. The van der Waals surface area contributed by atoms with E-state index in [1.54, 1.807) is 18.7 Å². The number of hydrogen-bond acceptors (Lipinski definition) is 7. The third-order valence-electron chi connectivity index (χ3n) is 5.00. The van der Waals surface area contributed by atoms with Gasteiger partial charge in [0.2, 0.25) is 0 Å². The van der Waals surface area contributed by atoms with Crippen LogP contribution >= 0.6 is 15.9 Å². The number of rotatable bonds is 3. The summed E-state index contributed by atoms with van der Waals surface area (Å²) in [5.41, 5.74) is 4.23. The van der Waals surface area contributed by atoms with Gasteiger partial charge in [-0.1, -0.05) is 0 Å². The Bertz CT molecular complexity index is 1210. The van der Waals surface area contributed by atoms with Gasteiger partial charge in [-0.15, -0.1) is 0 Å². The average molecular weight is 525 g/mol. The molecule has 5 rings (SSSR count). The Balaban J connectivity index is 1.61. The summed E-state index contributed by atoms with van der Waals surface area (Å²) >= 11 is 5.02. The summed E-state index contributed by atoms with van der Waals surface area (Å²) < 4.78 is 7.38. The number of ether oxygens (including phenoxy) is 1. The van der Waals surface area contributed by atoms with Gasteiger partial charge in [0.1, 0.15) is 0 Å². The monoisotopic (exact) mass is 524 g/mol. The molecule has 0 aliphatic carbocycles. The quantitative estimate of drug-likeness (QED) is 0.379.